The van der Waals surface area contributed by atoms with E-state index in [9.17, 15) is 5.11 Å². The number of aliphatic hydroxyl groups excluding tert-OH is 1. The van der Waals surface area contributed by atoms with Crippen molar-refractivity contribution >= 4 is 15.9 Å². The average Bonchev–Trinajstić information content (AvgIpc) is 2.86. The lowest BCUT2D eigenvalue weighted by atomic mass is 9.94. The molecule has 1 N–H and O–H groups in total. The summed E-state index contributed by atoms with van der Waals surface area (Å²) in [6, 6.07) is 4.20. The predicted molar refractivity (Wildman–Crippen MR) is 70.4 cm³/mol. The Kier molecular flexibility index (Phi) is 2.71. The van der Waals surface area contributed by atoms with Gasteiger partial charge in [0.1, 0.15) is 5.75 Å². The zero-order chi connectivity index (χ0) is 12.0. The molecule has 1 heterocycles. The van der Waals surface area contributed by atoms with Gasteiger partial charge in [0.25, 0.3) is 0 Å². The maximum absolute atomic E-state index is 10.3. The lowest BCUT2D eigenvalue weighted by Crippen LogP contribution is -2.21. The van der Waals surface area contributed by atoms with Crippen LogP contribution in [0.4, 0.5) is 0 Å². The lowest BCUT2D eigenvalue weighted by molar-refractivity contribution is 0.102. The Labute approximate surface area is 110 Å². The van der Waals surface area contributed by atoms with Crippen molar-refractivity contribution in [1.82, 2.24) is 0 Å². The number of aliphatic hydroxyl groups is 1. The molecule has 1 atom stereocenters. The number of hydrogen-bond donors (Lipinski definition) is 1. The molecule has 2 aliphatic rings. The second kappa shape index (κ2) is 3.99. The van der Waals surface area contributed by atoms with Crippen LogP contribution in [0.25, 0.3) is 0 Å². The van der Waals surface area contributed by atoms with E-state index in [1.165, 1.54) is 5.56 Å². The first-order valence-electron chi connectivity index (χ1n) is 6.21. The van der Waals surface area contributed by atoms with E-state index in [0.717, 1.165) is 41.7 Å². The van der Waals surface area contributed by atoms with Crippen LogP contribution in [0.1, 0.15) is 30.9 Å². The zero-order valence-corrected chi connectivity index (χ0v) is 11.6. The van der Waals surface area contributed by atoms with Gasteiger partial charge in [-0.1, -0.05) is 22.9 Å². The molecular formula is C14H17BrO2. The molecule has 0 amide bonds. The summed E-state index contributed by atoms with van der Waals surface area (Å²) in [5.41, 5.74) is 2.56. The van der Waals surface area contributed by atoms with Crippen LogP contribution in [0, 0.1) is 5.41 Å². The Morgan fingerprint density at radius 3 is 2.94 bits per heavy atom. The first kappa shape index (κ1) is 11.5. The minimum absolute atomic E-state index is 0.147. The van der Waals surface area contributed by atoms with Gasteiger partial charge in [-0.25, -0.2) is 0 Å². The Morgan fingerprint density at radius 2 is 2.24 bits per heavy atom. The highest BCUT2D eigenvalue weighted by Gasteiger charge is 2.44. The van der Waals surface area contributed by atoms with E-state index in [0.29, 0.717) is 6.42 Å². The first-order valence-corrected chi connectivity index (χ1v) is 7.00. The molecule has 1 unspecified atom stereocenters. The fourth-order valence-corrected chi connectivity index (χ4v) is 3.04. The lowest BCUT2D eigenvalue weighted by Gasteiger charge is -2.19. The minimum atomic E-state index is -0.245. The maximum Gasteiger partial charge on any atom is 0.125 e. The van der Waals surface area contributed by atoms with Crippen molar-refractivity contribution < 1.29 is 9.84 Å². The van der Waals surface area contributed by atoms with Crippen molar-refractivity contribution in [2.24, 2.45) is 5.41 Å². The van der Waals surface area contributed by atoms with Crippen LogP contribution in [0.15, 0.2) is 16.6 Å². The van der Waals surface area contributed by atoms with E-state index in [4.69, 9.17) is 4.74 Å². The van der Waals surface area contributed by atoms with Gasteiger partial charge in [-0.2, -0.15) is 0 Å². The molecule has 1 aromatic carbocycles. The van der Waals surface area contributed by atoms with Gasteiger partial charge in [0, 0.05) is 17.3 Å². The Balaban J connectivity index is 1.87. The first-order chi connectivity index (χ1) is 8.08. The second-order valence-electron chi connectivity index (χ2n) is 5.53. The molecule has 1 aliphatic heterocycles. The number of halogens is 1. The van der Waals surface area contributed by atoms with Gasteiger partial charge < -0.3 is 9.84 Å². The molecule has 0 radical (unpaired) electrons. The van der Waals surface area contributed by atoms with Gasteiger partial charge in [0.2, 0.25) is 0 Å². The summed E-state index contributed by atoms with van der Waals surface area (Å²) in [6.45, 7) is 2.93. The van der Waals surface area contributed by atoms with Gasteiger partial charge >= 0.3 is 0 Å². The molecule has 1 fully saturated rings. The van der Waals surface area contributed by atoms with E-state index in [2.05, 4.69) is 35.0 Å². The Morgan fingerprint density at radius 1 is 1.47 bits per heavy atom. The molecule has 0 saturated heterocycles. The highest BCUT2D eigenvalue weighted by molar-refractivity contribution is 9.10. The number of rotatable bonds is 3. The molecular weight excluding hydrogens is 280 g/mol. The van der Waals surface area contributed by atoms with Crippen LogP contribution in [-0.4, -0.2) is 17.8 Å². The normalized spacial score (nSPS) is 21.8. The molecule has 0 spiro atoms. The fourth-order valence-electron chi connectivity index (χ4n) is 2.48. The van der Waals surface area contributed by atoms with Crippen molar-refractivity contribution in [1.29, 1.82) is 0 Å². The summed E-state index contributed by atoms with van der Waals surface area (Å²) in [4.78, 5) is 0. The quantitative estimate of drug-likeness (QED) is 0.929. The van der Waals surface area contributed by atoms with Crippen molar-refractivity contribution in [3.8, 4) is 5.75 Å². The van der Waals surface area contributed by atoms with Crippen LogP contribution >= 0.6 is 15.9 Å². The van der Waals surface area contributed by atoms with E-state index in [1.54, 1.807) is 0 Å². The molecule has 0 bridgehead atoms. The summed E-state index contributed by atoms with van der Waals surface area (Å²) >= 11 is 3.53. The molecule has 1 aromatic rings. The summed E-state index contributed by atoms with van der Waals surface area (Å²) in [5, 5.41) is 10.3. The van der Waals surface area contributed by atoms with Crippen LogP contribution < -0.4 is 4.74 Å². The molecule has 1 saturated carbocycles. The van der Waals surface area contributed by atoms with E-state index < -0.39 is 0 Å². The number of fused-ring (bicyclic) bond motifs is 1. The van der Waals surface area contributed by atoms with Gasteiger partial charge in [-0.05, 0) is 41.5 Å². The summed E-state index contributed by atoms with van der Waals surface area (Å²) < 4.78 is 6.77. The molecule has 17 heavy (non-hydrogen) atoms. The number of benzene rings is 1. The second-order valence-corrected chi connectivity index (χ2v) is 6.44. The summed E-state index contributed by atoms with van der Waals surface area (Å²) in [6.07, 6.45) is 3.73. The van der Waals surface area contributed by atoms with E-state index >= 15 is 0 Å². The third-order valence-corrected chi connectivity index (χ3v) is 4.54. The molecule has 2 nitrogen and oxygen atoms in total. The fraction of sp³-hybridized carbons (Fsp3) is 0.571. The van der Waals surface area contributed by atoms with Crippen LogP contribution in [0.3, 0.4) is 0 Å². The van der Waals surface area contributed by atoms with Gasteiger partial charge in [-0.3, -0.25) is 0 Å². The van der Waals surface area contributed by atoms with Crippen molar-refractivity contribution in [2.45, 2.75) is 38.7 Å². The molecule has 0 aromatic heterocycles. The van der Waals surface area contributed by atoms with Crippen molar-refractivity contribution in [3.05, 3.63) is 27.7 Å². The molecule has 3 heteroatoms. The zero-order valence-electron chi connectivity index (χ0n) is 10.0. The van der Waals surface area contributed by atoms with Crippen molar-refractivity contribution in [2.75, 3.05) is 6.61 Å². The summed E-state index contributed by atoms with van der Waals surface area (Å²) in [7, 11) is 0. The molecule has 3 rings (SSSR count). The van der Waals surface area contributed by atoms with Crippen LogP contribution in [0.2, 0.25) is 0 Å². The number of hydrogen-bond acceptors (Lipinski definition) is 2. The summed E-state index contributed by atoms with van der Waals surface area (Å²) in [5.74, 6) is 1.01. The van der Waals surface area contributed by atoms with Crippen LogP contribution in [0.5, 0.6) is 5.75 Å². The van der Waals surface area contributed by atoms with Gasteiger partial charge in [0.15, 0.2) is 0 Å². The Hall–Kier alpha value is -0.540. The highest BCUT2D eigenvalue weighted by atomic mass is 79.9. The monoisotopic (exact) mass is 296 g/mol. The maximum atomic E-state index is 10.3. The Bertz CT molecular complexity index is 452. The minimum Gasteiger partial charge on any atom is -0.493 e. The van der Waals surface area contributed by atoms with Gasteiger partial charge in [-0.15, -0.1) is 0 Å². The average molecular weight is 297 g/mol. The van der Waals surface area contributed by atoms with Crippen molar-refractivity contribution in [3.63, 3.8) is 0 Å². The largest absolute Gasteiger partial charge is 0.493 e. The standard InChI is InChI=1S/C14H17BrO2/c1-14(3-4-14)12(16)8-10-7-11(15)6-9-2-5-17-13(9)10/h6-7,12,16H,2-5,8H2,1H3. The van der Waals surface area contributed by atoms with Gasteiger partial charge in [0.05, 0.1) is 12.7 Å². The third-order valence-electron chi connectivity index (χ3n) is 4.08. The molecule has 1 aliphatic carbocycles. The number of ether oxygens (including phenoxy) is 1. The van der Waals surface area contributed by atoms with E-state index in [-0.39, 0.29) is 11.5 Å². The topological polar surface area (TPSA) is 29.5 Å². The third kappa shape index (κ3) is 2.11. The highest BCUT2D eigenvalue weighted by Crippen LogP contribution is 2.49. The van der Waals surface area contributed by atoms with Crippen LogP contribution in [-0.2, 0) is 12.8 Å². The van der Waals surface area contributed by atoms with E-state index in [1.807, 2.05) is 0 Å². The molecule has 92 valence electrons. The predicted octanol–water partition coefficient (Wildman–Crippen LogP) is 3.09. The smallest absolute Gasteiger partial charge is 0.125 e. The SMILES string of the molecule is CC1(C(O)Cc2cc(Br)cc3c2OCC3)CC1.